The molecule has 4 rings (SSSR count). The van der Waals surface area contributed by atoms with Crippen LogP contribution in [0.15, 0.2) is 88.2 Å². The van der Waals surface area contributed by atoms with Crippen molar-refractivity contribution in [3.05, 3.63) is 101 Å². The number of hydrogen-bond acceptors (Lipinski definition) is 7. The molecule has 1 aromatic heterocycles. The highest BCUT2D eigenvalue weighted by Crippen LogP contribution is 2.20. The molecule has 1 amide bonds. The van der Waals surface area contributed by atoms with Gasteiger partial charge in [0.2, 0.25) is 15.9 Å². The fraction of sp³-hybridized carbons (Fsp3) is 0.192. The second-order valence-electron chi connectivity index (χ2n) is 7.92. The SMILES string of the molecule is CCN(Cc1ccccc1)S(=O)(=O)c1ccc(C(=O)Nc2nnc(Cc3ccc(OC)cc3)o2)cc1. The molecule has 0 aliphatic heterocycles. The number of nitrogens with one attached hydrogen (secondary N) is 1. The molecule has 0 aliphatic carbocycles. The molecular formula is C26H26N4O5S. The maximum absolute atomic E-state index is 13.1. The highest BCUT2D eigenvalue weighted by atomic mass is 32.2. The average Bonchev–Trinajstić information content (AvgIpc) is 3.34. The first kappa shape index (κ1) is 25.1. The van der Waals surface area contributed by atoms with Crippen molar-refractivity contribution in [2.45, 2.75) is 24.8 Å². The van der Waals surface area contributed by atoms with E-state index < -0.39 is 15.9 Å². The van der Waals surface area contributed by atoms with Crippen LogP contribution in [0.2, 0.25) is 0 Å². The van der Waals surface area contributed by atoms with Crippen LogP contribution in [-0.2, 0) is 23.0 Å². The first-order valence-corrected chi connectivity index (χ1v) is 12.7. The van der Waals surface area contributed by atoms with Gasteiger partial charge in [0, 0.05) is 18.7 Å². The zero-order valence-corrected chi connectivity index (χ0v) is 20.7. The quantitative estimate of drug-likeness (QED) is 0.344. The molecule has 186 valence electrons. The van der Waals surface area contributed by atoms with Crippen molar-refractivity contribution in [1.82, 2.24) is 14.5 Å². The van der Waals surface area contributed by atoms with E-state index >= 15 is 0 Å². The van der Waals surface area contributed by atoms with E-state index in [0.29, 0.717) is 18.9 Å². The smallest absolute Gasteiger partial charge is 0.322 e. The van der Waals surface area contributed by atoms with E-state index in [0.717, 1.165) is 16.9 Å². The molecule has 0 unspecified atom stereocenters. The molecule has 0 fully saturated rings. The van der Waals surface area contributed by atoms with Crippen LogP contribution < -0.4 is 10.1 Å². The number of carbonyl (C=O) groups is 1. The molecule has 4 aromatic rings. The van der Waals surface area contributed by atoms with Gasteiger partial charge in [0.1, 0.15) is 5.75 Å². The lowest BCUT2D eigenvalue weighted by Gasteiger charge is -2.20. The van der Waals surface area contributed by atoms with Gasteiger partial charge in [0.15, 0.2) is 0 Å². The fourth-order valence-electron chi connectivity index (χ4n) is 3.54. The summed E-state index contributed by atoms with van der Waals surface area (Å²) in [6.07, 6.45) is 0.399. The summed E-state index contributed by atoms with van der Waals surface area (Å²) in [5.41, 5.74) is 2.10. The summed E-state index contributed by atoms with van der Waals surface area (Å²) in [5, 5.41) is 10.4. The second-order valence-corrected chi connectivity index (χ2v) is 9.86. The number of ether oxygens (including phenoxy) is 1. The van der Waals surface area contributed by atoms with Crippen molar-refractivity contribution in [1.29, 1.82) is 0 Å². The van der Waals surface area contributed by atoms with Crippen LogP contribution in [0, 0.1) is 0 Å². The summed E-state index contributed by atoms with van der Waals surface area (Å²) < 4.78 is 38.3. The Balaban J connectivity index is 1.40. The zero-order chi connectivity index (χ0) is 25.5. The number of rotatable bonds is 10. The van der Waals surface area contributed by atoms with Gasteiger partial charge in [-0.05, 0) is 47.5 Å². The number of nitrogens with zero attached hydrogens (tertiary/aromatic N) is 3. The van der Waals surface area contributed by atoms with Gasteiger partial charge in [0.25, 0.3) is 5.91 Å². The number of aromatic nitrogens is 2. The van der Waals surface area contributed by atoms with Crippen molar-refractivity contribution < 1.29 is 22.4 Å². The molecule has 0 radical (unpaired) electrons. The van der Waals surface area contributed by atoms with Gasteiger partial charge < -0.3 is 9.15 Å². The van der Waals surface area contributed by atoms with E-state index in [1.165, 1.54) is 28.6 Å². The van der Waals surface area contributed by atoms with E-state index in [2.05, 4.69) is 15.5 Å². The molecule has 0 spiro atoms. The maximum atomic E-state index is 13.1. The molecule has 0 atom stereocenters. The number of benzene rings is 3. The molecule has 36 heavy (non-hydrogen) atoms. The van der Waals surface area contributed by atoms with Gasteiger partial charge in [-0.15, -0.1) is 5.10 Å². The van der Waals surface area contributed by atoms with Crippen molar-refractivity contribution >= 4 is 21.9 Å². The Labute approximate surface area is 209 Å². The molecule has 0 bridgehead atoms. The first-order valence-electron chi connectivity index (χ1n) is 11.3. The standard InChI is InChI=1S/C26H26N4O5S/c1-3-30(18-20-7-5-4-6-8-20)36(32,33)23-15-11-21(12-16-23)25(31)27-26-29-28-24(35-26)17-19-9-13-22(34-2)14-10-19/h4-16H,3,17-18H2,1-2H3,(H,27,29,31). The number of hydrogen-bond donors (Lipinski definition) is 1. The van der Waals surface area contributed by atoms with Gasteiger partial charge in [0.05, 0.1) is 18.4 Å². The van der Waals surface area contributed by atoms with E-state index in [1.54, 1.807) is 14.0 Å². The number of carbonyl (C=O) groups excluding carboxylic acids is 1. The summed E-state index contributed by atoms with van der Waals surface area (Å²) in [7, 11) is -2.13. The molecule has 9 nitrogen and oxygen atoms in total. The largest absolute Gasteiger partial charge is 0.497 e. The molecule has 0 aliphatic rings. The average molecular weight is 507 g/mol. The summed E-state index contributed by atoms with van der Waals surface area (Å²) in [6, 6.07) is 22.5. The Kier molecular flexibility index (Phi) is 7.77. The lowest BCUT2D eigenvalue weighted by atomic mass is 10.1. The van der Waals surface area contributed by atoms with Crippen molar-refractivity contribution in [3.63, 3.8) is 0 Å². The van der Waals surface area contributed by atoms with Gasteiger partial charge in [-0.3, -0.25) is 10.1 Å². The Morgan fingerprint density at radius 3 is 2.28 bits per heavy atom. The normalized spacial score (nSPS) is 11.4. The Bertz CT molecular complexity index is 1400. The monoisotopic (exact) mass is 506 g/mol. The Hall–Kier alpha value is -4.02. The topological polar surface area (TPSA) is 115 Å². The van der Waals surface area contributed by atoms with E-state index in [4.69, 9.17) is 9.15 Å². The van der Waals surface area contributed by atoms with Crippen LogP contribution in [0.1, 0.15) is 34.3 Å². The predicted molar refractivity (Wildman–Crippen MR) is 134 cm³/mol. The van der Waals surface area contributed by atoms with Crippen LogP contribution in [-0.4, -0.2) is 42.5 Å². The summed E-state index contributed by atoms with van der Waals surface area (Å²) >= 11 is 0. The number of methoxy groups -OCH3 is 1. The van der Waals surface area contributed by atoms with Gasteiger partial charge in [-0.2, -0.15) is 4.31 Å². The molecule has 0 saturated carbocycles. The Morgan fingerprint density at radius 1 is 0.944 bits per heavy atom. The van der Waals surface area contributed by atoms with Crippen LogP contribution >= 0.6 is 0 Å². The van der Waals surface area contributed by atoms with Crippen LogP contribution in [0.4, 0.5) is 6.01 Å². The van der Waals surface area contributed by atoms with Crippen LogP contribution in [0.5, 0.6) is 5.75 Å². The minimum atomic E-state index is -3.73. The summed E-state index contributed by atoms with van der Waals surface area (Å²) in [6.45, 7) is 2.36. The minimum absolute atomic E-state index is 0.0415. The lowest BCUT2D eigenvalue weighted by Crippen LogP contribution is -2.30. The van der Waals surface area contributed by atoms with E-state index in [9.17, 15) is 13.2 Å². The first-order chi connectivity index (χ1) is 17.4. The second kappa shape index (κ2) is 11.1. The van der Waals surface area contributed by atoms with E-state index in [-0.39, 0.29) is 23.0 Å². The number of sulfonamides is 1. The summed E-state index contributed by atoms with van der Waals surface area (Å²) in [5.74, 6) is 0.597. The molecule has 3 aromatic carbocycles. The van der Waals surface area contributed by atoms with Crippen LogP contribution in [0.3, 0.4) is 0 Å². The molecule has 0 saturated heterocycles. The molecular weight excluding hydrogens is 480 g/mol. The van der Waals surface area contributed by atoms with Gasteiger partial charge in [-0.25, -0.2) is 8.42 Å². The summed E-state index contributed by atoms with van der Waals surface area (Å²) in [4.78, 5) is 12.7. The van der Waals surface area contributed by atoms with Crippen molar-refractivity contribution in [2.75, 3.05) is 19.0 Å². The van der Waals surface area contributed by atoms with E-state index in [1.807, 2.05) is 54.6 Å². The van der Waals surface area contributed by atoms with Crippen molar-refractivity contribution in [2.24, 2.45) is 0 Å². The third-order valence-electron chi connectivity index (χ3n) is 5.51. The zero-order valence-electron chi connectivity index (χ0n) is 19.9. The highest BCUT2D eigenvalue weighted by molar-refractivity contribution is 7.89. The number of amides is 1. The van der Waals surface area contributed by atoms with Crippen LogP contribution in [0.25, 0.3) is 0 Å². The number of anilines is 1. The Morgan fingerprint density at radius 2 is 1.64 bits per heavy atom. The minimum Gasteiger partial charge on any atom is -0.497 e. The van der Waals surface area contributed by atoms with Gasteiger partial charge >= 0.3 is 6.01 Å². The molecule has 1 heterocycles. The third-order valence-corrected chi connectivity index (χ3v) is 7.45. The van der Waals surface area contributed by atoms with Crippen molar-refractivity contribution in [3.8, 4) is 5.75 Å². The predicted octanol–water partition coefficient (Wildman–Crippen LogP) is 4.13. The molecule has 1 N–H and O–H groups in total. The molecule has 10 heteroatoms. The maximum Gasteiger partial charge on any atom is 0.322 e. The van der Waals surface area contributed by atoms with Gasteiger partial charge in [-0.1, -0.05) is 54.5 Å². The fourth-order valence-corrected chi connectivity index (χ4v) is 4.98. The lowest BCUT2D eigenvalue weighted by molar-refractivity contribution is 0.102. The highest BCUT2D eigenvalue weighted by Gasteiger charge is 2.23. The third kappa shape index (κ3) is 5.96.